The van der Waals surface area contributed by atoms with Gasteiger partial charge in [-0.15, -0.1) is 0 Å². The summed E-state index contributed by atoms with van der Waals surface area (Å²) in [4.78, 5) is 0. The lowest BCUT2D eigenvalue weighted by molar-refractivity contribution is 0.0392. The minimum absolute atomic E-state index is 0.0688. The fourth-order valence-electron chi connectivity index (χ4n) is 1.83. The molecule has 0 radical (unpaired) electrons. The van der Waals surface area contributed by atoms with Gasteiger partial charge in [-0.3, -0.25) is 0 Å². The fourth-order valence-corrected chi connectivity index (χ4v) is 1.83. The Hall–Kier alpha value is -0.860. The van der Waals surface area contributed by atoms with Crippen molar-refractivity contribution in [2.45, 2.75) is 58.2 Å². The third kappa shape index (κ3) is 4.49. The second-order valence-corrected chi connectivity index (χ2v) is 5.29. The molecule has 0 aliphatic heterocycles. The molecule has 2 N–H and O–H groups in total. The van der Waals surface area contributed by atoms with E-state index in [0.29, 0.717) is 6.04 Å². The topological polar surface area (TPSA) is 32.3 Å². The number of rotatable bonds is 6. The Balaban J connectivity index is 2.74. The van der Waals surface area contributed by atoms with Gasteiger partial charge in [0.25, 0.3) is 0 Å². The molecule has 2 heteroatoms. The maximum atomic E-state index is 9.99. The van der Waals surface area contributed by atoms with Gasteiger partial charge in [-0.2, -0.15) is 0 Å². The van der Waals surface area contributed by atoms with Crippen LogP contribution in [0.4, 0.5) is 0 Å². The van der Waals surface area contributed by atoms with Gasteiger partial charge in [0.2, 0.25) is 0 Å². The fraction of sp³-hybridized carbons (Fsp3) is 0.600. The molecule has 1 rings (SSSR count). The van der Waals surface area contributed by atoms with Crippen LogP contribution in [0.3, 0.4) is 0 Å². The van der Waals surface area contributed by atoms with Crippen molar-refractivity contribution in [3.05, 3.63) is 35.9 Å². The molecule has 0 spiro atoms. The summed E-state index contributed by atoms with van der Waals surface area (Å²) in [5.41, 5.74) is 0.603. The van der Waals surface area contributed by atoms with Crippen molar-refractivity contribution in [2.75, 3.05) is 0 Å². The van der Waals surface area contributed by atoms with E-state index in [-0.39, 0.29) is 6.04 Å². The van der Waals surface area contributed by atoms with Gasteiger partial charge in [-0.1, -0.05) is 43.7 Å². The molecule has 0 aliphatic rings. The summed E-state index contributed by atoms with van der Waals surface area (Å²) in [7, 11) is 0. The van der Waals surface area contributed by atoms with E-state index >= 15 is 0 Å². The molecule has 0 bridgehead atoms. The SMILES string of the molecule is CCCC(NC(C)C(C)(C)O)c1ccccc1. The second-order valence-electron chi connectivity index (χ2n) is 5.29. The standard InChI is InChI=1S/C15H25NO/c1-5-9-14(13-10-7-6-8-11-13)16-12(2)15(3,4)17/h6-8,10-12,14,16-17H,5,9H2,1-4H3. The average molecular weight is 235 g/mol. The molecular weight excluding hydrogens is 210 g/mol. The van der Waals surface area contributed by atoms with E-state index in [1.54, 1.807) is 0 Å². The molecule has 17 heavy (non-hydrogen) atoms. The highest BCUT2D eigenvalue weighted by Gasteiger charge is 2.24. The summed E-state index contributed by atoms with van der Waals surface area (Å²) in [6, 6.07) is 10.8. The molecule has 2 unspecified atom stereocenters. The number of benzene rings is 1. The van der Waals surface area contributed by atoms with Crippen molar-refractivity contribution in [3.8, 4) is 0 Å². The van der Waals surface area contributed by atoms with E-state index in [4.69, 9.17) is 0 Å². The Morgan fingerprint density at radius 2 is 1.82 bits per heavy atom. The van der Waals surface area contributed by atoms with Crippen molar-refractivity contribution < 1.29 is 5.11 Å². The molecule has 0 aromatic heterocycles. The minimum Gasteiger partial charge on any atom is -0.389 e. The largest absolute Gasteiger partial charge is 0.389 e. The Bertz CT molecular complexity index is 315. The molecule has 1 aromatic carbocycles. The van der Waals surface area contributed by atoms with Gasteiger partial charge in [0.1, 0.15) is 0 Å². The lowest BCUT2D eigenvalue weighted by atomic mass is 9.96. The summed E-state index contributed by atoms with van der Waals surface area (Å²) in [6.45, 7) is 7.91. The zero-order valence-corrected chi connectivity index (χ0v) is 11.4. The highest BCUT2D eigenvalue weighted by molar-refractivity contribution is 5.19. The van der Waals surface area contributed by atoms with Gasteiger partial charge in [0, 0.05) is 12.1 Å². The van der Waals surface area contributed by atoms with Gasteiger partial charge in [-0.25, -0.2) is 0 Å². The molecule has 0 heterocycles. The van der Waals surface area contributed by atoms with Crippen LogP contribution >= 0.6 is 0 Å². The van der Waals surface area contributed by atoms with E-state index in [9.17, 15) is 5.11 Å². The molecule has 0 aliphatic carbocycles. The molecule has 2 nitrogen and oxygen atoms in total. The molecule has 0 saturated heterocycles. The van der Waals surface area contributed by atoms with Gasteiger partial charge in [0.05, 0.1) is 5.60 Å². The molecule has 2 atom stereocenters. The van der Waals surface area contributed by atoms with Crippen LogP contribution in [0.25, 0.3) is 0 Å². The van der Waals surface area contributed by atoms with Crippen LogP contribution in [-0.4, -0.2) is 16.7 Å². The lowest BCUT2D eigenvalue weighted by Crippen LogP contribution is -2.46. The van der Waals surface area contributed by atoms with Crippen LogP contribution in [0, 0.1) is 0 Å². The Morgan fingerprint density at radius 1 is 1.24 bits per heavy atom. The van der Waals surface area contributed by atoms with Crippen LogP contribution in [0.15, 0.2) is 30.3 Å². The quantitative estimate of drug-likeness (QED) is 0.793. The molecule has 0 fully saturated rings. The maximum absolute atomic E-state index is 9.99. The molecule has 1 aromatic rings. The number of aliphatic hydroxyl groups is 1. The first kappa shape index (κ1) is 14.2. The highest BCUT2D eigenvalue weighted by atomic mass is 16.3. The molecular formula is C15H25NO. The smallest absolute Gasteiger partial charge is 0.0741 e. The first-order valence-electron chi connectivity index (χ1n) is 6.48. The van der Waals surface area contributed by atoms with E-state index in [1.165, 1.54) is 5.56 Å². The second kappa shape index (κ2) is 6.18. The Kier molecular flexibility index (Phi) is 5.16. The van der Waals surface area contributed by atoms with Crippen LogP contribution in [0.5, 0.6) is 0 Å². The van der Waals surface area contributed by atoms with E-state index in [1.807, 2.05) is 26.8 Å². The van der Waals surface area contributed by atoms with Crippen molar-refractivity contribution in [2.24, 2.45) is 0 Å². The van der Waals surface area contributed by atoms with E-state index < -0.39 is 5.60 Å². The average Bonchev–Trinajstić information content (AvgIpc) is 2.28. The third-order valence-electron chi connectivity index (χ3n) is 3.29. The zero-order chi connectivity index (χ0) is 12.9. The van der Waals surface area contributed by atoms with Crippen molar-refractivity contribution in [3.63, 3.8) is 0 Å². The van der Waals surface area contributed by atoms with Gasteiger partial charge in [0.15, 0.2) is 0 Å². The third-order valence-corrected chi connectivity index (χ3v) is 3.29. The Labute approximate surface area is 105 Å². The summed E-state index contributed by atoms with van der Waals surface area (Å²) >= 11 is 0. The van der Waals surface area contributed by atoms with Crippen LogP contribution in [0.1, 0.15) is 52.1 Å². The van der Waals surface area contributed by atoms with Gasteiger partial charge >= 0.3 is 0 Å². The van der Waals surface area contributed by atoms with Gasteiger partial charge in [-0.05, 0) is 32.8 Å². The number of hydrogen-bond donors (Lipinski definition) is 2. The number of nitrogens with one attached hydrogen (secondary N) is 1. The summed E-state index contributed by atoms with van der Waals surface area (Å²) in [6.07, 6.45) is 2.22. The first-order valence-corrected chi connectivity index (χ1v) is 6.48. The molecule has 0 amide bonds. The summed E-state index contributed by atoms with van der Waals surface area (Å²) in [5, 5.41) is 13.5. The zero-order valence-electron chi connectivity index (χ0n) is 11.4. The van der Waals surface area contributed by atoms with E-state index in [0.717, 1.165) is 12.8 Å². The molecule has 96 valence electrons. The monoisotopic (exact) mass is 235 g/mol. The predicted molar refractivity (Wildman–Crippen MR) is 73.0 cm³/mol. The first-order chi connectivity index (χ1) is 7.95. The Morgan fingerprint density at radius 3 is 2.29 bits per heavy atom. The highest BCUT2D eigenvalue weighted by Crippen LogP contribution is 2.21. The van der Waals surface area contributed by atoms with Crippen LogP contribution in [0.2, 0.25) is 0 Å². The maximum Gasteiger partial charge on any atom is 0.0741 e. The van der Waals surface area contributed by atoms with Crippen molar-refractivity contribution in [1.82, 2.24) is 5.32 Å². The summed E-state index contributed by atoms with van der Waals surface area (Å²) in [5.74, 6) is 0. The van der Waals surface area contributed by atoms with Crippen molar-refractivity contribution >= 4 is 0 Å². The van der Waals surface area contributed by atoms with Crippen LogP contribution < -0.4 is 5.32 Å². The lowest BCUT2D eigenvalue weighted by Gasteiger charge is -2.31. The van der Waals surface area contributed by atoms with Crippen LogP contribution in [-0.2, 0) is 0 Å². The predicted octanol–water partition coefficient (Wildman–Crippen LogP) is 3.28. The normalized spacial score (nSPS) is 15.6. The number of hydrogen-bond acceptors (Lipinski definition) is 2. The van der Waals surface area contributed by atoms with Crippen molar-refractivity contribution in [1.29, 1.82) is 0 Å². The van der Waals surface area contributed by atoms with Gasteiger partial charge < -0.3 is 10.4 Å². The summed E-state index contributed by atoms with van der Waals surface area (Å²) < 4.78 is 0. The minimum atomic E-state index is -0.694. The van der Waals surface area contributed by atoms with E-state index in [2.05, 4.69) is 36.5 Å². The molecule has 0 saturated carbocycles.